The van der Waals surface area contributed by atoms with Gasteiger partial charge < -0.3 is 10.1 Å². The van der Waals surface area contributed by atoms with Crippen molar-refractivity contribution in [2.24, 2.45) is 10.2 Å². The minimum absolute atomic E-state index is 0.0918. The fourth-order valence-corrected chi connectivity index (χ4v) is 8.17. The number of aromatic nitrogens is 3. The number of methoxy groups -OCH3 is 1. The zero-order valence-corrected chi connectivity index (χ0v) is 29.4. The molecule has 1 heterocycles. The lowest BCUT2D eigenvalue weighted by molar-refractivity contribution is 0.417. The van der Waals surface area contributed by atoms with Crippen molar-refractivity contribution >= 4 is 87.7 Å². The highest BCUT2D eigenvalue weighted by Gasteiger charge is 2.16. The number of fused-ring (bicyclic) bond motifs is 1. The molecule has 0 saturated carbocycles. The normalized spacial score (nSPS) is 12.5. The van der Waals surface area contributed by atoms with E-state index in [0.717, 1.165) is 11.8 Å². The van der Waals surface area contributed by atoms with Gasteiger partial charge in [-0.15, -0.1) is 0 Å². The fourth-order valence-electron chi connectivity index (χ4n) is 4.13. The van der Waals surface area contributed by atoms with Crippen molar-refractivity contribution in [3.8, 4) is 5.75 Å². The second-order valence-corrected chi connectivity index (χ2v) is 16.7. The molecule has 3 aromatic carbocycles. The average molecular weight is 759 g/mol. The maximum Gasteiger partial charge on any atom is 0.295 e. The Hall–Kier alpha value is -3.44. The highest BCUT2D eigenvalue weighted by atomic mass is 32.2. The number of nitrogens with one attached hydrogen (secondary N) is 1. The van der Waals surface area contributed by atoms with Crippen LogP contribution in [0.2, 0.25) is 0 Å². The number of ether oxygens (including phenoxy) is 1. The third-order valence-electron chi connectivity index (χ3n) is 6.19. The van der Waals surface area contributed by atoms with E-state index < -0.39 is 41.9 Å². The number of benzene rings is 3. The zero-order valence-electron chi connectivity index (χ0n) is 25.3. The van der Waals surface area contributed by atoms with Gasteiger partial charge in [0.2, 0.25) is 5.95 Å². The summed E-state index contributed by atoms with van der Waals surface area (Å²) in [5, 5.41) is 12.6. The molecule has 21 heteroatoms. The first kappa shape index (κ1) is 37.4. The molecule has 0 unspecified atom stereocenters. The SMILES string of the molecule is COc1cc(N=Nc2ccc3cc(C)cc(S(=O)(=O)O)c3c2)ccc1Nc1nc(CSCCS(=O)(=O)O)nc(SCCCS(=O)(=O)O)n1. The molecule has 0 aliphatic heterocycles. The highest BCUT2D eigenvalue weighted by Crippen LogP contribution is 2.34. The number of nitrogens with zero attached hydrogens (tertiary/aromatic N) is 5. The number of thioether (sulfide) groups is 2. The Kier molecular flexibility index (Phi) is 12.3. The van der Waals surface area contributed by atoms with Gasteiger partial charge in [-0.3, -0.25) is 13.7 Å². The number of rotatable bonds is 16. The first-order valence-corrected chi connectivity index (χ1v) is 20.5. The topological polar surface area (TPSA) is 248 Å². The summed E-state index contributed by atoms with van der Waals surface area (Å²) in [6, 6.07) is 12.8. The van der Waals surface area contributed by atoms with Crippen molar-refractivity contribution < 1.29 is 43.6 Å². The Morgan fingerprint density at radius 3 is 2.19 bits per heavy atom. The summed E-state index contributed by atoms with van der Waals surface area (Å²) in [4.78, 5) is 12.9. The number of hydrogen-bond acceptors (Lipinski definition) is 15. The Morgan fingerprint density at radius 1 is 0.833 bits per heavy atom. The lowest BCUT2D eigenvalue weighted by atomic mass is 10.1. The van der Waals surface area contributed by atoms with Crippen molar-refractivity contribution in [1.29, 1.82) is 0 Å². The molecular weight excluding hydrogens is 729 g/mol. The van der Waals surface area contributed by atoms with E-state index in [2.05, 4.69) is 30.5 Å². The predicted molar refractivity (Wildman–Crippen MR) is 183 cm³/mol. The van der Waals surface area contributed by atoms with Gasteiger partial charge in [0.05, 0.1) is 41.4 Å². The van der Waals surface area contributed by atoms with Crippen LogP contribution >= 0.6 is 23.5 Å². The van der Waals surface area contributed by atoms with Crippen molar-refractivity contribution in [2.75, 3.05) is 35.4 Å². The molecule has 0 aliphatic carbocycles. The minimum atomic E-state index is -4.48. The molecule has 1 aromatic heterocycles. The third-order valence-corrected chi connectivity index (χ3v) is 10.8. The van der Waals surface area contributed by atoms with Crippen LogP contribution in [0.5, 0.6) is 5.75 Å². The van der Waals surface area contributed by atoms with E-state index in [-0.39, 0.29) is 45.5 Å². The maximum absolute atomic E-state index is 12.0. The van der Waals surface area contributed by atoms with Gasteiger partial charge in [0.15, 0.2) is 5.16 Å². The van der Waals surface area contributed by atoms with Gasteiger partial charge in [0.25, 0.3) is 30.4 Å². The van der Waals surface area contributed by atoms with Crippen LogP contribution in [-0.2, 0) is 36.1 Å². The molecule has 4 aromatic rings. The van der Waals surface area contributed by atoms with Crippen molar-refractivity contribution in [1.82, 2.24) is 15.0 Å². The second kappa shape index (κ2) is 15.8. The molecule has 0 radical (unpaired) electrons. The number of aryl methyl sites for hydroxylation is 1. The monoisotopic (exact) mass is 758 g/mol. The van der Waals surface area contributed by atoms with E-state index in [1.807, 2.05) is 0 Å². The third kappa shape index (κ3) is 11.6. The quantitative estimate of drug-likeness (QED) is 0.0494. The van der Waals surface area contributed by atoms with Crippen molar-refractivity contribution in [3.63, 3.8) is 0 Å². The Labute approximate surface area is 285 Å². The van der Waals surface area contributed by atoms with E-state index >= 15 is 0 Å². The summed E-state index contributed by atoms with van der Waals surface area (Å²) in [5.41, 5.74) is 1.83. The van der Waals surface area contributed by atoms with Gasteiger partial charge in [-0.1, -0.05) is 23.9 Å². The average Bonchev–Trinajstić information content (AvgIpc) is 2.99. The maximum atomic E-state index is 12.0. The van der Waals surface area contributed by atoms with E-state index in [1.54, 1.807) is 43.3 Å². The Bertz CT molecular complexity index is 2110. The van der Waals surface area contributed by atoms with E-state index in [0.29, 0.717) is 39.1 Å². The lowest BCUT2D eigenvalue weighted by Gasteiger charge is -2.12. The van der Waals surface area contributed by atoms with Gasteiger partial charge >= 0.3 is 0 Å². The van der Waals surface area contributed by atoms with Gasteiger partial charge in [-0.2, -0.15) is 57.2 Å². The van der Waals surface area contributed by atoms with E-state index in [9.17, 15) is 29.8 Å². The Balaban J connectivity index is 1.55. The molecule has 0 spiro atoms. The molecule has 0 fully saturated rings. The largest absolute Gasteiger partial charge is 0.494 e. The van der Waals surface area contributed by atoms with Crippen LogP contribution in [0.3, 0.4) is 0 Å². The summed E-state index contributed by atoms with van der Waals surface area (Å²) in [6.45, 7) is 1.72. The standard InChI is InChI=1S/C27H30N6O10S5/c1-17-12-18-4-5-19(14-21(18)24(13-17)48(40,41)42)32-33-20-6-7-22(23(15-20)43-2)28-26-29-25(16-44-9-11-47(37,38)39)30-27(31-26)45-8-3-10-46(34,35)36/h4-7,12-15H,3,8-11,16H2,1-2H3,(H,34,35,36)(H,37,38,39)(H,40,41,42)(H,28,29,30,31). The van der Waals surface area contributed by atoms with Crippen molar-refractivity contribution in [2.45, 2.75) is 29.1 Å². The lowest BCUT2D eigenvalue weighted by Crippen LogP contribution is -2.08. The van der Waals surface area contributed by atoms with E-state index in [1.165, 1.54) is 31.0 Å². The zero-order chi connectivity index (χ0) is 35.1. The minimum Gasteiger partial charge on any atom is -0.494 e. The second-order valence-electron chi connectivity index (χ2n) is 10.0. The summed E-state index contributed by atoms with van der Waals surface area (Å²) in [6.07, 6.45) is 0.140. The van der Waals surface area contributed by atoms with Crippen LogP contribution in [0.15, 0.2) is 68.8 Å². The number of azo groups is 1. The van der Waals surface area contributed by atoms with E-state index in [4.69, 9.17) is 13.8 Å². The molecule has 0 saturated heterocycles. The molecule has 258 valence electrons. The van der Waals surface area contributed by atoms with Gasteiger partial charge in [-0.05, 0) is 54.6 Å². The molecule has 0 bridgehead atoms. The number of anilines is 2. The molecule has 0 amide bonds. The fraction of sp³-hybridized carbons (Fsp3) is 0.296. The van der Waals surface area contributed by atoms with Crippen LogP contribution in [0.4, 0.5) is 23.0 Å². The smallest absolute Gasteiger partial charge is 0.295 e. The highest BCUT2D eigenvalue weighted by molar-refractivity contribution is 7.99. The van der Waals surface area contributed by atoms with Crippen LogP contribution in [-0.4, -0.2) is 84.0 Å². The molecule has 0 aliphatic rings. The Morgan fingerprint density at radius 2 is 1.52 bits per heavy atom. The summed E-state index contributed by atoms with van der Waals surface area (Å²) in [7, 11) is -11.3. The van der Waals surface area contributed by atoms with Gasteiger partial charge in [-0.25, -0.2) is 4.98 Å². The first-order chi connectivity index (χ1) is 22.5. The van der Waals surface area contributed by atoms with Crippen molar-refractivity contribution in [3.05, 3.63) is 59.9 Å². The molecule has 4 N–H and O–H groups in total. The molecule has 4 rings (SSSR count). The molecule has 48 heavy (non-hydrogen) atoms. The first-order valence-electron chi connectivity index (χ1n) is 13.7. The molecule has 16 nitrogen and oxygen atoms in total. The van der Waals surface area contributed by atoms with Gasteiger partial charge in [0.1, 0.15) is 16.5 Å². The predicted octanol–water partition coefficient (Wildman–Crippen LogP) is 5.24. The molecular formula is C27H30N6O10S5. The van der Waals surface area contributed by atoms with Crippen LogP contribution in [0.1, 0.15) is 17.8 Å². The van der Waals surface area contributed by atoms with Crippen LogP contribution in [0.25, 0.3) is 10.8 Å². The van der Waals surface area contributed by atoms with Crippen LogP contribution in [0, 0.1) is 6.92 Å². The summed E-state index contributed by atoms with van der Waals surface area (Å²) >= 11 is 2.31. The van der Waals surface area contributed by atoms with Gasteiger partial charge in [0, 0.05) is 23.0 Å². The summed E-state index contributed by atoms with van der Waals surface area (Å²) in [5.74, 6) is 0.408. The van der Waals surface area contributed by atoms with Crippen LogP contribution < -0.4 is 10.1 Å². The summed E-state index contributed by atoms with van der Waals surface area (Å²) < 4.78 is 101. The molecule has 0 atom stereocenters. The number of hydrogen-bond donors (Lipinski definition) is 4.